The van der Waals surface area contributed by atoms with Crippen LogP contribution in [0.25, 0.3) is 0 Å². The molecule has 0 spiro atoms. The van der Waals surface area contributed by atoms with Crippen molar-refractivity contribution in [2.45, 2.75) is 12.8 Å². The van der Waals surface area contributed by atoms with Crippen molar-refractivity contribution >= 4 is 5.97 Å². The normalized spacial score (nSPS) is 74.4. The summed E-state index contributed by atoms with van der Waals surface area (Å²) in [6.45, 7) is 0. The molecule has 6 bridgehead atoms. The van der Waals surface area contributed by atoms with Crippen LogP contribution in [-0.4, -0.2) is 11.1 Å². The number of aliphatic carboxylic acids is 1. The molecule has 74 valence electrons. The van der Waals surface area contributed by atoms with Gasteiger partial charge in [0, 0.05) is 0 Å². The van der Waals surface area contributed by atoms with Crippen molar-refractivity contribution in [3.63, 3.8) is 0 Å². The van der Waals surface area contributed by atoms with Gasteiger partial charge in [-0.05, 0) is 60.2 Å². The van der Waals surface area contributed by atoms with Crippen molar-refractivity contribution in [2.75, 3.05) is 0 Å². The van der Waals surface area contributed by atoms with E-state index < -0.39 is 5.97 Å². The molecule has 0 aromatic heterocycles. The molecule has 14 heavy (non-hydrogen) atoms. The largest absolute Gasteiger partial charge is 0.481 e. The zero-order valence-electron chi connectivity index (χ0n) is 7.97. The first-order valence-electron chi connectivity index (χ1n) is 6.02. The van der Waals surface area contributed by atoms with E-state index in [1.807, 2.05) is 0 Å². The number of carbonyl (C=O) groups is 1. The molecule has 1 N–H and O–H groups in total. The Morgan fingerprint density at radius 3 is 1.79 bits per heavy atom. The second kappa shape index (κ2) is 1.66. The Labute approximate surface area is 82.7 Å². The van der Waals surface area contributed by atoms with Crippen molar-refractivity contribution in [1.82, 2.24) is 0 Å². The lowest BCUT2D eigenvalue weighted by Gasteiger charge is -2.33. The highest BCUT2D eigenvalue weighted by Gasteiger charge is 2.81. The molecule has 6 fully saturated rings. The van der Waals surface area contributed by atoms with Gasteiger partial charge < -0.3 is 5.11 Å². The van der Waals surface area contributed by atoms with Crippen LogP contribution in [0.15, 0.2) is 0 Å². The molecule has 0 aromatic rings. The Hall–Kier alpha value is -0.530. The highest BCUT2D eigenvalue weighted by atomic mass is 16.4. The zero-order valence-corrected chi connectivity index (χ0v) is 7.97. The lowest BCUT2D eigenvalue weighted by atomic mass is 9.71. The summed E-state index contributed by atoms with van der Waals surface area (Å²) >= 11 is 0. The standard InChI is InChI=1S/C12H14O2/c13-12(14)11-9-5-1-3-4-2-6(7(3)9)10(11)8(4)5/h3-11H,1-2H2,(H,13,14)/t3-,4+,5-,6+,7+,8-,9+,10-,11?. The molecule has 0 aliphatic heterocycles. The quantitative estimate of drug-likeness (QED) is 0.679. The van der Waals surface area contributed by atoms with Crippen molar-refractivity contribution in [2.24, 2.45) is 53.3 Å². The minimum atomic E-state index is -0.469. The third-order valence-corrected chi connectivity index (χ3v) is 6.61. The fourth-order valence-electron chi connectivity index (χ4n) is 6.95. The first-order valence-corrected chi connectivity index (χ1v) is 6.02. The molecular weight excluding hydrogens is 176 g/mol. The molecule has 1 unspecified atom stereocenters. The maximum Gasteiger partial charge on any atom is 0.307 e. The van der Waals surface area contributed by atoms with E-state index in [-0.39, 0.29) is 5.92 Å². The van der Waals surface area contributed by atoms with Gasteiger partial charge in [0.15, 0.2) is 0 Å². The molecule has 6 saturated carbocycles. The van der Waals surface area contributed by atoms with Crippen LogP contribution >= 0.6 is 0 Å². The molecule has 6 aliphatic rings. The molecule has 9 atom stereocenters. The molecule has 6 aliphatic carbocycles. The fraction of sp³-hybridized carbons (Fsp3) is 0.917. The monoisotopic (exact) mass is 190 g/mol. The molecule has 0 heterocycles. The Morgan fingerprint density at radius 1 is 0.857 bits per heavy atom. The first-order chi connectivity index (χ1) is 6.79. The fourth-order valence-corrected chi connectivity index (χ4v) is 6.95. The highest BCUT2D eigenvalue weighted by molar-refractivity contribution is 5.73. The second-order valence-electron chi connectivity index (χ2n) is 6.30. The predicted octanol–water partition coefficient (Wildman–Crippen LogP) is 1.47. The molecule has 0 amide bonds. The highest BCUT2D eigenvalue weighted by Crippen LogP contribution is 2.84. The van der Waals surface area contributed by atoms with Crippen LogP contribution in [0.1, 0.15) is 12.8 Å². The number of carboxylic acid groups (broad SMARTS) is 1. The summed E-state index contributed by atoms with van der Waals surface area (Å²) in [7, 11) is 0. The second-order valence-corrected chi connectivity index (χ2v) is 6.30. The van der Waals surface area contributed by atoms with Gasteiger partial charge in [0.05, 0.1) is 5.92 Å². The maximum absolute atomic E-state index is 11.3. The molecule has 0 radical (unpaired) electrons. The smallest absolute Gasteiger partial charge is 0.307 e. The number of carboxylic acids is 1. The maximum atomic E-state index is 11.3. The van der Waals surface area contributed by atoms with E-state index in [4.69, 9.17) is 0 Å². The average Bonchev–Trinajstić information content (AvgIpc) is 2.76. The van der Waals surface area contributed by atoms with Gasteiger partial charge in [-0.1, -0.05) is 0 Å². The van der Waals surface area contributed by atoms with Crippen LogP contribution in [0.3, 0.4) is 0 Å². The van der Waals surface area contributed by atoms with E-state index >= 15 is 0 Å². The Balaban J connectivity index is 1.77. The number of hydrogen-bond acceptors (Lipinski definition) is 1. The zero-order chi connectivity index (χ0) is 9.19. The van der Waals surface area contributed by atoms with Crippen molar-refractivity contribution < 1.29 is 9.90 Å². The van der Waals surface area contributed by atoms with Crippen LogP contribution in [-0.2, 0) is 4.79 Å². The van der Waals surface area contributed by atoms with E-state index in [9.17, 15) is 9.90 Å². The van der Waals surface area contributed by atoms with Gasteiger partial charge in [-0.15, -0.1) is 0 Å². The molecule has 0 aromatic carbocycles. The molecule has 6 rings (SSSR count). The van der Waals surface area contributed by atoms with E-state index in [0.29, 0.717) is 11.8 Å². The van der Waals surface area contributed by atoms with E-state index in [2.05, 4.69) is 0 Å². The van der Waals surface area contributed by atoms with E-state index in [1.165, 1.54) is 12.8 Å². The van der Waals surface area contributed by atoms with E-state index in [0.717, 1.165) is 35.5 Å². The Bertz CT molecular complexity index is 335. The lowest BCUT2D eigenvalue weighted by molar-refractivity contribution is -0.143. The van der Waals surface area contributed by atoms with Crippen LogP contribution in [0, 0.1) is 53.3 Å². The first kappa shape index (κ1) is 6.86. The van der Waals surface area contributed by atoms with Gasteiger partial charge >= 0.3 is 5.97 Å². The number of hydrogen-bond donors (Lipinski definition) is 1. The average molecular weight is 190 g/mol. The van der Waals surface area contributed by atoms with Crippen molar-refractivity contribution in [1.29, 1.82) is 0 Å². The Morgan fingerprint density at radius 2 is 1.36 bits per heavy atom. The topological polar surface area (TPSA) is 37.3 Å². The van der Waals surface area contributed by atoms with Gasteiger partial charge in [0.1, 0.15) is 0 Å². The Kier molecular flexibility index (Phi) is 0.812. The third kappa shape index (κ3) is 0.409. The summed E-state index contributed by atoms with van der Waals surface area (Å²) in [5, 5.41) is 9.33. The van der Waals surface area contributed by atoms with Crippen LogP contribution in [0.5, 0.6) is 0 Å². The lowest BCUT2D eigenvalue weighted by Crippen LogP contribution is -2.30. The summed E-state index contributed by atoms with van der Waals surface area (Å²) in [6.07, 6.45) is 2.81. The number of rotatable bonds is 1. The van der Waals surface area contributed by atoms with Gasteiger partial charge in [0.2, 0.25) is 0 Å². The van der Waals surface area contributed by atoms with Gasteiger partial charge in [0.25, 0.3) is 0 Å². The van der Waals surface area contributed by atoms with Crippen LogP contribution in [0.4, 0.5) is 0 Å². The SMILES string of the molecule is O=C(O)C1[C@@H]2[C@H]3C[C@H]4[C@H]5C[C@@H]([C@H]1[C@@H]53)[C@@H]42. The molecule has 2 nitrogen and oxygen atoms in total. The summed E-state index contributed by atoms with van der Waals surface area (Å²) < 4.78 is 0. The van der Waals surface area contributed by atoms with Crippen molar-refractivity contribution in [3.8, 4) is 0 Å². The van der Waals surface area contributed by atoms with Gasteiger partial charge in [-0.3, -0.25) is 4.79 Å². The van der Waals surface area contributed by atoms with Crippen LogP contribution in [0.2, 0.25) is 0 Å². The van der Waals surface area contributed by atoms with E-state index in [1.54, 1.807) is 0 Å². The molecular formula is C12H14O2. The minimum Gasteiger partial charge on any atom is -0.481 e. The summed E-state index contributed by atoms with van der Waals surface area (Å²) in [5.74, 6) is 6.22. The van der Waals surface area contributed by atoms with Crippen LogP contribution < -0.4 is 0 Å². The summed E-state index contributed by atoms with van der Waals surface area (Å²) in [4.78, 5) is 11.3. The third-order valence-electron chi connectivity index (χ3n) is 6.61. The molecule has 0 saturated heterocycles. The van der Waals surface area contributed by atoms with Gasteiger partial charge in [-0.2, -0.15) is 0 Å². The summed E-state index contributed by atoms with van der Waals surface area (Å²) in [6, 6.07) is 0. The molecule has 2 heteroatoms. The summed E-state index contributed by atoms with van der Waals surface area (Å²) in [5.41, 5.74) is 0. The van der Waals surface area contributed by atoms with Gasteiger partial charge in [-0.25, -0.2) is 0 Å². The minimum absolute atomic E-state index is 0.0810. The predicted molar refractivity (Wildman–Crippen MR) is 48.3 cm³/mol. The van der Waals surface area contributed by atoms with Crippen molar-refractivity contribution in [3.05, 3.63) is 0 Å².